The van der Waals surface area contributed by atoms with Crippen LogP contribution >= 0.6 is 0 Å². The molecule has 68 valence electrons. The lowest BCUT2D eigenvalue weighted by molar-refractivity contribution is 1.13. The molecule has 0 bridgehead atoms. The van der Waals surface area contributed by atoms with Gasteiger partial charge in [0.2, 0.25) is 0 Å². The topological polar surface area (TPSA) is 64.4 Å². The average Bonchev–Trinajstić information content (AvgIpc) is 3.00. The normalized spacial score (nSPS) is 17.4. The van der Waals surface area contributed by atoms with Crippen molar-refractivity contribution in [3.8, 4) is 0 Å². The first kappa shape index (κ1) is 8.10. The SMILES string of the molecule is NN=C(N)c1ccc(C2CC2)cc1. The van der Waals surface area contributed by atoms with Crippen LogP contribution in [0.5, 0.6) is 0 Å². The first-order valence-corrected chi connectivity index (χ1v) is 4.45. The maximum atomic E-state index is 5.56. The fourth-order valence-electron chi connectivity index (χ4n) is 1.42. The van der Waals surface area contributed by atoms with E-state index in [9.17, 15) is 0 Å². The molecule has 0 heterocycles. The van der Waals surface area contributed by atoms with Gasteiger partial charge < -0.3 is 11.6 Å². The van der Waals surface area contributed by atoms with Gasteiger partial charge in [-0.15, -0.1) is 0 Å². The summed E-state index contributed by atoms with van der Waals surface area (Å²) in [5, 5.41) is 3.44. The van der Waals surface area contributed by atoms with Crippen LogP contribution in [0.4, 0.5) is 0 Å². The second-order valence-corrected chi connectivity index (χ2v) is 3.41. The van der Waals surface area contributed by atoms with E-state index in [2.05, 4.69) is 17.2 Å². The van der Waals surface area contributed by atoms with Gasteiger partial charge in [-0.2, -0.15) is 5.10 Å². The molecule has 0 unspecified atom stereocenters. The Bertz CT molecular complexity index is 323. The highest BCUT2D eigenvalue weighted by atomic mass is 15.1. The van der Waals surface area contributed by atoms with Gasteiger partial charge in [0.1, 0.15) is 5.84 Å². The maximum Gasteiger partial charge on any atom is 0.150 e. The van der Waals surface area contributed by atoms with E-state index in [1.165, 1.54) is 18.4 Å². The zero-order chi connectivity index (χ0) is 9.26. The van der Waals surface area contributed by atoms with Gasteiger partial charge in [0.05, 0.1) is 0 Å². The maximum absolute atomic E-state index is 5.56. The minimum Gasteiger partial charge on any atom is -0.382 e. The summed E-state index contributed by atoms with van der Waals surface area (Å²) >= 11 is 0. The lowest BCUT2D eigenvalue weighted by Gasteiger charge is -2.01. The van der Waals surface area contributed by atoms with Crippen LogP contribution in [-0.2, 0) is 0 Å². The van der Waals surface area contributed by atoms with Crippen LogP contribution in [0, 0.1) is 0 Å². The fraction of sp³-hybridized carbons (Fsp3) is 0.300. The van der Waals surface area contributed by atoms with Gasteiger partial charge in [-0.3, -0.25) is 0 Å². The number of benzene rings is 1. The van der Waals surface area contributed by atoms with Crippen LogP contribution in [-0.4, -0.2) is 5.84 Å². The number of amidine groups is 1. The lowest BCUT2D eigenvalue weighted by Crippen LogP contribution is -2.15. The molecule has 3 nitrogen and oxygen atoms in total. The average molecular weight is 175 g/mol. The van der Waals surface area contributed by atoms with E-state index >= 15 is 0 Å². The summed E-state index contributed by atoms with van der Waals surface area (Å²) in [6, 6.07) is 8.15. The minimum absolute atomic E-state index is 0.391. The number of hydrogen-bond donors (Lipinski definition) is 2. The number of hydrazone groups is 1. The monoisotopic (exact) mass is 175 g/mol. The Morgan fingerprint density at radius 1 is 1.23 bits per heavy atom. The van der Waals surface area contributed by atoms with E-state index in [1.54, 1.807) is 0 Å². The summed E-state index contributed by atoms with van der Waals surface area (Å²) in [5.41, 5.74) is 7.85. The molecule has 0 spiro atoms. The zero-order valence-electron chi connectivity index (χ0n) is 7.40. The van der Waals surface area contributed by atoms with Gasteiger partial charge in [-0.05, 0) is 24.3 Å². The third kappa shape index (κ3) is 1.64. The van der Waals surface area contributed by atoms with Crippen LogP contribution in [0.25, 0.3) is 0 Å². The Balaban J connectivity index is 2.22. The molecule has 1 aliphatic rings. The van der Waals surface area contributed by atoms with Crippen molar-refractivity contribution in [3.63, 3.8) is 0 Å². The molecule has 0 aliphatic heterocycles. The van der Waals surface area contributed by atoms with Crippen molar-refractivity contribution in [1.82, 2.24) is 0 Å². The second kappa shape index (κ2) is 3.09. The summed E-state index contributed by atoms with van der Waals surface area (Å²) in [6.45, 7) is 0. The van der Waals surface area contributed by atoms with Gasteiger partial charge in [0, 0.05) is 5.56 Å². The van der Waals surface area contributed by atoms with Crippen molar-refractivity contribution < 1.29 is 0 Å². The van der Waals surface area contributed by atoms with Gasteiger partial charge >= 0.3 is 0 Å². The Labute approximate surface area is 77.4 Å². The van der Waals surface area contributed by atoms with Crippen LogP contribution < -0.4 is 11.6 Å². The summed E-state index contributed by atoms with van der Waals surface area (Å²) in [6.07, 6.45) is 2.64. The quantitative estimate of drug-likeness (QED) is 0.306. The smallest absolute Gasteiger partial charge is 0.150 e. The van der Waals surface area contributed by atoms with Crippen LogP contribution in [0.2, 0.25) is 0 Å². The zero-order valence-corrected chi connectivity index (χ0v) is 7.40. The van der Waals surface area contributed by atoms with Gasteiger partial charge in [0.15, 0.2) is 0 Å². The predicted molar refractivity (Wildman–Crippen MR) is 53.3 cm³/mol. The van der Waals surface area contributed by atoms with Crippen molar-refractivity contribution in [2.45, 2.75) is 18.8 Å². The number of rotatable bonds is 2. The van der Waals surface area contributed by atoms with E-state index in [-0.39, 0.29) is 0 Å². The van der Waals surface area contributed by atoms with E-state index in [0.717, 1.165) is 11.5 Å². The van der Waals surface area contributed by atoms with E-state index in [0.29, 0.717) is 5.84 Å². The van der Waals surface area contributed by atoms with Gasteiger partial charge in [0.25, 0.3) is 0 Å². The highest BCUT2D eigenvalue weighted by Crippen LogP contribution is 2.39. The molecular weight excluding hydrogens is 162 g/mol. The van der Waals surface area contributed by atoms with Crippen molar-refractivity contribution in [1.29, 1.82) is 0 Å². The highest BCUT2D eigenvalue weighted by Gasteiger charge is 2.22. The molecule has 0 saturated heterocycles. The molecule has 0 atom stereocenters. The predicted octanol–water partition coefficient (Wildman–Crippen LogP) is 1.14. The van der Waals surface area contributed by atoms with Crippen molar-refractivity contribution in [2.24, 2.45) is 16.7 Å². The molecule has 1 aromatic rings. The number of nitrogens with zero attached hydrogens (tertiary/aromatic N) is 1. The molecule has 1 aliphatic carbocycles. The highest BCUT2D eigenvalue weighted by molar-refractivity contribution is 5.97. The Morgan fingerprint density at radius 2 is 1.85 bits per heavy atom. The molecule has 13 heavy (non-hydrogen) atoms. The second-order valence-electron chi connectivity index (χ2n) is 3.41. The summed E-state index contributed by atoms with van der Waals surface area (Å²) in [4.78, 5) is 0. The molecule has 3 heteroatoms. The molecule has 1 saturated carbocycles. The van der Waals surface area contributed by atoms with Crippen molar-refractivity contribution >= 4 is 5.84 Å². The van der Waals surface area contributed by atoms with Gasteiger partial charge in [-0.1, -0.05) is 24.3 Å². The van der Waals surface area contributed by atoms with E-state index in [4.69, 9.17) is 11.6 Å². The summed E-state index contributed by atoms with van der Waals surface area (Å²) < 4.78 is 0. The van der Waals surface area contributed by atoms with Gasteiger partial charge in [-0.25, -0.2) is 0 Å². The molecule has 0 radical (unpaired) electrons. The van der Waals surface area contributed by atoms with E-state index < -0.39 is 0 Å². The molecule has 1 fully saturated rings. The largest absolute Gasteiger partial charge is 0.382 e. The lowest BCUT2D eigenvalue weighted by atomic mass is 10.1. The third-order valence-electron chi connectivity index (χ3n) is 2.39. The Hall–Kier alpha value is -1.51. The van der Waals surface area contributed by atoms with E-state index in [1.807, 2.05) is 12.1 Å². The number of hydrogen-bond acceptors (Lipinski definition) is 2. The third-order valence-corrected chi connectivity index (χ3v) is 2.39. The Kier molecular flexibility index (Phi) is 1.93. The van der Waals surface area contributed by atoms with Crippen LogP contribution in [0.1, 0.15) is 29.9 Å². The molecule has 0 amide bonds. The first-order valence-electron chi connectivity index (χ1n) is 4.45. The summed E-state index contributed by atoms with van der Waals surface area (Å²) in [7, 11) is 0. The summed E-state index contributed by atoms with van der Waals surface area (Å²) in [5.74, 6) is 6.25. The standard InChI is InChI=1S/C10H13N3/c11-10(13-12)9-5-3-8(4-6-9)7-1-2-7/h3-7H,1-2,12H2,(H2,11,13). The minimum atomic E-state index is 0.391. The van der Waals surface area contributed by atoms with Crippen molar-refractivity contribution in [3.05, 3.63) is 35.4 Å². The molecule has 2 rings (SSSR count). The first-order chi connectivity index (χ1) is 6.31. The fourth-order valence-corrected chi connectivity index (χ4v) is 1.42. The molecule has 1 aromatic carbocycles. The molecule has 4 N–H and O–H groups in total. The Morgan fingerprint density at radius 3 is 2.31 bits per heavy atom. The molecule has 0 aromatic heterocycles. The number of nitrogens with two attached hydrogens (primary N) is 2. The molecular formula is C10H13N3. The van der Waals surface area contributed by atoms with Crippen molar-refractivity contribution in [2.75, 3.05) is 0 Å². The van der Waals surface area contributed by atoms with Crippen LogP contribution in [0.15, 0.2) is 29.4 Å². The van der Waals surface area contributed by atoms with Crippen LogP contribution in [0.3, 0.4) is 0 Å².